The van der Waals surface area contributed by atoms with E-state index in [1.165, 1.54) is 11.3 Å². The first-order valence-electron chi connectivity index (χ1n) is 11.3. The van der Waals surface area contributed by atoms with E-state index in [4.69, 9.17) is 5.73 Å². The summed E-state index contributed by atoms with van der Waals surface area (Å²) in [4.78, 5) is 31.6. The molecule has 8 nitrogen and oxygen atoms in total. The molecule has 1 saturated heterocycles. The number of piperidine rings is 1. The number of fused-ring (bicyclic) bond motifs is 1. The zero-order chi connectivity index (χ0) is 23.7. The molecular formula is C25H27N7OS. The SMILES string of the molecule is CN(C)C1CCN(c2cc(C(=O)Nc3cc4cc(-c5cnc(N)s5)ccc4cn3)ccn2)CC1. The van der Waals surface area contributed by atoms with Gasteiger partial charge in [0.15, 0.2) is 5.13 Å². The fourth-order valence-corrected chi connectivity index (χ4v) is 5.00. The first kappa shape index (κ1) is 22.2. The molecule has 4 heterocycles. The van der Waals surface area contributed by atoms with Crippen LogP contribution in [0, 0.1) is 0 Å². The van der Waals surface area contributed by atoms with Crippen molar-refractivity contribution < 1.29 is 4.79 Å². The van der Waals surface area contributed by atoms with Gasteiger partial charge in [-0.3, -0.25) is 4.79 Å². The number of nitrogens with two attached hydrogens (primary N) is 1. The molecule has 34 heavy (non-hydrogen) atoms. The second-order valence-electron chi connectivity index (χ2n) is 8.73. The van der Waals surface area contributed by atoms with Crippen LogP contribution in [0.4, 0.5) is 16.8 Å². The number of amides is 1. The third-order valence-electron chi connectivity index (χ3n) is 6.30. The van der Waals surface area contributed by atoms with E-state index in [1.807, 2.05) is 24.3 Å². The molecule has 1 amide bonds. The Balaban J connectivity index is 1.32. The van der Waals surface area contributed by atoms with Crippen LogP contribution in [0.2, 0.25) is 0 Å². The summed E-state index contributed by atoms with van der Waals surface area (Å²) in [6.07, 6.45) is 7.41. The number of thiazole rings is 1. The normalized spacial score (nSPS) is 14.6. The van der Waals surface area contributed by atoms with Gasteiger partial charge in [-0.05, 0) is 62.2 Å². The largest absolute Gasteiger partial charge is 0.375 e. The van der Waals surface area contributed by atoms with Crippen LogP contribution in [0.3, 0.4) is 0 Å². The number of nitrogens with zero attached hydrogens (tertiary/aromatic N) is 5. The average molecular weight is 474 g/mol. The number of nitrogens with one attached hydrogen (secondary N) is 1. The second kappa shape index (κ2) is 9.36. The number of anilines is 3. The van der Waals surface area contributed by atoms with Crippen LogP contribution in [0.15, 0.2) is 55.0 Å². The predicted octanol–water partition coefficient (Wildman–Crippen LogP) is 4.12. The molecule has 3 aromatic heterocycles. The lowest BCUT2D eigenvalue weighted by molar-refractivity contribution is 0.102. The molecule has 0 radical (unpaired) electrons. The lowest BCUT2D eigenvalue weighted by Gasteiger charge is -2.35. The molecule has 1 aliphatic rings. The lowest BCUT2D eigenvalue weighted by atomic mass is 10.0. The Morgan fingerprint density at radius 1 is 1.06 bits per heavy atom. The number of carbonyl (C=O) groups is 1. The van der Waals surface area contributed by atoms with Gasteiger partial charge in [0.05, 0.1) is 4.88 Å². The van der Waals surface area contributed by atoms with E-state index >= 15 is 0 Å². The van der Waals surface area contributed by atoms with E-state index in [-0.39, 0.29) is 5.91 Å². The molecule has 4 aromatic rings. The van der Waals surface area contributed by atoms with Crippen LogP contribution in [-0.4, -0.2) is 59.0 Å². The van der Waals surface area contributed by atoms with Crippen LogP contribution >= 0.6 is 11.3 Å². The van der Waals surface area contributed by atoms with Gasteiger partial charge in [-0.25, -0.2) is 15.0 Å². The average Bonchev–Trinajstić information content (AvgIpc) is 3.30. The smallest absolute Gasteiger partial charge is 0.257 e. The van der Waals surface area contributed by atoms with Gasteiger partial charge in [-0.15, -0.1) is 0 Å². The molecule has 0 bridgehead atoms. The Morgan fingerprint density at radius 2 is 1.88 bits per heavy atom. The molecule has 0 aliphatic carbocycles. The van der Waals surface area contributed by atoms with Gasteiger partial charge in [0.25, 0.3) is 5.91 Å². The van der Waals surface area contributed by atoms with E-state index in [9.17, 15) is 4.79 Å². The van der Waals surface area contributed by atoms with E-state index in [1.54, 1.807) is 24.7 Å². The fraction of sp³-hybridized carbons (Fsp3) is 0.280. The minimum atomic E-state index is -0.204. The summed E-state index contributed by atoms with van der Waals surface area (Å²) in [6, 6.07) is 12.2. The molecule has 9 heteroatoms. The molecule has 1 aromatic carbocycles. The van der Waals surface area contributed by atoms with Crippen molar-refractivity contribution in [3.05, 3.63) is 60.6 Å². The third kappa shape index (κ3) is 4.71. The van der Waals surface area contributed by atoms with Crippen LogP contribution in [0.25, 0.3) is 21.2 Å². The minimum absolute atomic E-state index is 0.204. The maximum atomic E-state index is 13.0. The quantitative estimate of drug-likeness (QED) is 0.450. The van der Waals surface area contributed by atoms with E-state index in [0.717, 1.165) is 53.0 Å². The van der Waals surface area contributed by atoms with Gasteiger partial charge in [0.2, 0.25) is 0 Å². The Labute approximate surface area is 202 Å². The highest BCUT2D eigenvalue weighted by atomic mass is 32.1. The highest BCUT2D eigenvalue weighted by Crippen LogP contribution is 2.30. The number of benzene rings is 1. The molecule has 0 unspecified atom stereocenters. The molecule has 0 spiro atoms. The molecule has 174 valence electrons. The van der Waals surface area contributed by atoms with Crippen molar-refractivity contribution in [1.82, 2.24) is 19.9 Å². The summed E-state index contributed by atoms with van der Waals surface area (Å²) in [7, 11) is 4.25. The predicted molar refractivity (Wildman–Crippen MR) is 138 cm³/mol. The van der Waals surface area contributed by atoms with E-state index in [0.29, 0.717) is 22.6 Å². The lowest BCUT2D eigenvalue weighted by Crippen LogP contribution is -2.42. The summed E-state index contributed by atoms with van der Waals surface area (Å²) in [5, 5.41) is 5.44. The summed E-state index contributed by atoms with van der Waals surface area (Å²) in [5.74, 6) is 1.14. The summed E-state index contributed by atoms with van der Waals surface area (Å²) < 4.78 is 0. The minimum Gasteiger partial charge on any atom is -0.375 e. The van der Waals surface area contributed by atoms with Crippen molar-refractivity contribution in [3.8, 4) is 10.4 Å². The topological polar surface area (TPSA) is 100 Å². The molecule has 0 saturated carbocycles. The number of rotatable bonds is 5. The standard InChI is InChI=1S/C25H27N7OS/c1-31(2)20-6-9-32(10-7-20)23-13-17(5-8-27-23)24(33)30-22-12-19-11-16(3-4-18(19)14-28-22)21-15-29-25(26)34-21/h3-5,8,11-15,20H,6-7,9-10H2,1-2H3,(H2,26,29)(H,28,30,33). The number of hydrogen-bond donors (Lipinski definition) is 2. The Kier molecular flexibility index (Phi) is 6.12. The molecule has 1 aliphatic heterocycles. The van der Waals surface area contributed by atoms with Gasteiger partial charge >= 0.3 is 0 Å². The number of aromatic nitrogens is 3. The van der Waals surface area contributed by atoms with Gasteiger partial charge in [-0.1, -0.05) is 23.5 Å². The van der Waals surface area contributed by atoms with Crippen molar-refractivity contribution in [3.63, 3.8) is 0 Å². The fourth-order valence-electron chi connectivity index (χ4n) is 4.32. The Bertz CT molecular complexity index is 1330. The molecule has 0 atom stereocenters. The first-order chi connectivity index (χ1) is 16.5. The third-order valence-corrected chi connectivity index (χ3v) is 7.17. The molecular weight excluding hydrogens is 446 g/mol. The molecule has 5 rings (SSSR count). The van der Waals surface area contributed by atoms with Gasteiger partial charge in [0, 0.05) is 48.7 Å². The number of pyridine rings is 2. The van der Waals surface area contributed by atoms with Crippen molar-refractivity contribution in [1.29, 1.82) is 0 Å². The van der Waals surface area contributed by atoms with Crippen molar-refractivity contribution in [2.24, 2.45) is 0 Å². The maximum absolute atomic E-state index is 13.0. The van der Waals surface area contributed by atoms with Crippen LogP contribution in [0.1, 0.15) is 23.2 Å². The second-order valence-corrected chi connectivity index (χ2v) is 9.80. The van der Waals surface area contributed by atoms with E-state index in [2.05, 4.69) is 50.2 Å². The van der Waals surface area contributed by atoms with Crippen molar-refractivity contribution in [2.45, 2.75) is 18.9 Å². The van der Waals surface area contributed by atoms with Gasteiger partial charge < -0.3 is 20.9 Å². The van der Waals surface area contributed by atoms with Crippen LogP contribution in [0.5, 0.6) is 0 Å². The zero-order valence-electron chi connectivity index (χ0n) is 19.2. The monoisotopic (exact) mass is 473 g/mol. The highest BCUT2D eigenvalue weighted by Gasteiger charge is 2.22. The molecule has 1 fully saturated rings. The Hall–Kier alpha value is -3.56. The maximum Gasteiger partial charge on any atom is 0.257 e. The van der Waals surface area contributed by atoms with Gasteiger partial charge in [0.1, 0.15) is 11.6 Å². The highest BCUT2D eigenvalue weighted by molar-refractivity contribution is 7.18. The van der Waals surface area contributed by atoms with Crippen LogP contribution in [-0.2, 0) is 0 Å². The molecule has 3 N–H and O–H groups in total. The number of carbonyl (C=O) groups excluding carboxylic acids is 1. The Morgan fingerprint density at radius 3 is 2.62 bits per heavy atom. The number of nitrogen functional groups attached to an aromatic ring is 1. The summed E-state index contributed by atoms with van der Waals surface area (Å²) in [6.45, 7) is 1.86. The van der Waals surface area contributed by atoms with Crippen molar-refractivity contribution in [2.75, 3.05) is 43.1 Å². The zero-order valence-corrected chi connectivity index (χ0v) is 20.0. The summed E-state index contributed by atoms with van der Waals surface area (Å²) >= 11 is 1.44. The summed E-state index contributed by atoms with van der Waals surface area (Å²) in [5.41, 5.74) is 7.37. The van der Waals surface area contributed by atoms with E-state index < -0.39 is 0 Å². The van der Waals surface area contributed by atoms with Crippen molar-refractivity contribution >= 4 is 44.8 Å². The first-order valence-corrected chi connectivity index (χ1v) is 12.1. The van der Waals surface area contributed by atoms with Crippen LogP contribution < -0.4 is 16.0 Å². The van der Waals surface area contributed by atoms with Gasteiger partial charge in [-0.2, -0.15) is 0 Å². The number of hydrogen-bond acceptors (Lipinski definition) is 8.